The standard InChI is InChI=1S/C16H11Cl2N5O4/c17-9-3-1-7(5-10(9)18)15(24)13(22-19)14-16(25)21-12-6-8(23(26)27)2-4-11(12)20-14/h1-6,15,24H,19H2,(H,21,25)/b22-13+/t15-/m1/s1. The summed E-state index contributed by atoms with van der Waals surface area (Å²) in [4.78, 5) is 29.3. The average molecular weight is 408 g/mol. The van der Waals surface area contributed by atoms with Gasteiger partial charge in [-0.25, -0.2) is 4.98 Å². The van der Waals surface area contributed by atoms with Crippen molar-refractivity contribution in [1.29, 1.82) is 0 Å². The van der Waals surface area contributed by atoms with Crippen LogP contribution in [0.25, 0.3) is 11.0 Å². The summed E-state index contributed by atoms with van der Waals surface area (Å²) in [7, 11) is 0. The molecule has 0 bridgehead atoms. The maximum atomic E-state index is 12.4. The van der Waals surface area contributed by atoms with Gasteiger partial charge in [0, 0.05) is 12.1 Å². The molecule has 0 saturated carbocycles. The Bertz CT molecular complexity index is 1150. The number of nitro groups is 1. The highest BCUT2D eigenvalue weighted by atomic mass is 35.5. The van der Waals surface area contributed by atoms with Crippen molar-refractivity contribution in [2.24, 2.45) is 10.9 Å². The van der Waals surface area contributed by atoms with Gasteiger partial charge in [-0.15, -0.1) is 0 Å². The second-order valence-electron chi connectivity index (χ2n) is 5.46. The first-order valence-electron chi connectivity index (χ1n) is 7.41. The molecule has 2 aromatic carbocycles. The highest BCUT2D eigenvalue weighted by Crippen LogP contribution is 2.27. The van der Waals surface area contributed by atoms with Crippen LogP contribution in [0.1, 0.15) is 17.4 Å². The van der Waals surface area contributed by atoms with Crippen LogP contribution in [0.2, 0.25) is 10.0 Å². The first-order chi connectivity index (χ1) is 12.8. The van der Waals surface area contributed by atoms with Gasteiger partial charge in [-0.1, -0.05) is 29.3 Å². The third-order valence-electron chi connectivity index (χ3n) is 3.79. The summed E-state index contributed by atoms with van der Waals surface area (Å²) < 4.78 is 0. The third kappa shape index (κ3) is 3.61. The molecule has 0 aliphatic heterocycles. The highest BCUT2D eigenvalue weighted by Gasteiger charge is 2.23. The van der Waals surface area contributed by atoms with Crippen LogP contribution in [0.5, 0.6) is 0 Å². The molecule has 4 N–H and O–H groups in total. The lowest BCUT2D eigenvalue weighted by Crippen LogP contribution is -2.26. The molecule has 0 unspecified atom stereocenters. The van der Waals surface area contributed by atoms with E-state index in [-0.39, 0.29) is 33.1 Å². The van der Waals surface area contributed by atoms with Gasteiger partial charge >= 0.3 is 0 Å². The minimum Gasteiger partial charge on any atom is -0.382 e. The number of H-pyrrole nitrogens is 1. The van der Waals surface area contributed by atoms with E-state index < -0.39 is 16.6 Å². The summed E-state index contributed by atoms with van der Waals surface area (Å²) in [5.74, 6) is 5.37. The number of nitrogens with zero attached hydrogens (tertiary/aromatic N) is 3. The molecule has 3 aromatic rings. The molecule has 9 nitrogen and oxygen atoms in total. The molecule has 0 spiro atoms. The van der Waals surface area contributed by atoms with E-state index in [9.17, 15) is 20.0 Å². The second-order valence-corrected chi connectivity index (χ2v) is 6.28. The van der Waals surface area contributed by atoms with E-state index in [1.54, 1.807) is 0 Å². The van der Waals surface area contributed by atoms with Crippen molar-refractivity contribution in [3.63, 3.8) is 0 Å². The molecule has 11 heteroatoms. The van der Waals surface area contributed by atoms with E-state index in [1.807, 2.05) is 0 Å². The molecule has 0 fully saturated rings. The van der Waals surface area contributed by atoms with Crippen LogP contribution in [0.4, 0.5) is 5.69 Å². The molecule has 1 atom stereocenters. The summed E-state index contributed by atoms with van der Waals surface area (Å²) in [6.45, 7) is 0. The Morgan fingerprint density at radius 2 is 2.00 bits per heavy atom. The van der Waals surface area contributed by atoms with E-state index in [1.165, 1.54) is 36.4 Å². The minimum atomic E-state index is -1.39. The number of nitrogens with two attached hydrogens (primary N) is 1. The van der Waals surface area contributed by atoms with Crippen molar-refractivity contribution < 1.29 is 10.0 Å². The van der Waals surface area contributed by atoms with E-state index in [2.05, 4.69) is 15.1 Å². The van der Waals surface area contributed by atoms with Gasteiger partial charge in [-0.3, -0.25) is 14.9 Å². The van der Waals surface area contributed by atoms with Crippen LogP contribution in [0.15, 0.2) is 46.3 Å². The summed E-state index contributed by atoms with van der Waals surface area (Å²) >= 11 is 11.8. The number of aliphatic hydroxyl groups is 1. The third-order valence-corrected chi connectivity index (χ3v) is 4.53. The molecular formula is C16H11Cl2N5O4. The number of halogens is 2. The molecule has 0 aliphatic carbocycles. The summed E-state index contributed by atoms with van der Waals surface area (Å²) in [6, 6.07) is 8.19. The van der Waals surface area contributed by atoms with Crippen molar-refractivity contribution in [3.05, 3.63) is 78.2 Å². The SMILES string of the molecule is N/N=C(\c1nc2ccc([N+](=O)[O-])cc2[nH]c1=O)[C@H](O)c1ccc(Cl)c(Cl)c1. The number of hydrogen-bond acceptors (Lipinski definition) is 7. The van der Waals surface area contributed by atoms with Crippen LogP contribution in [-0.2, 0) is 0 Å². The number of hydrogen-bond donors (Lipinski definition) is 3. The number of rotatable bonds is 4. The quantitative estimate of drug-likeness (QED) is 0.262. The van der Waals surface area contributed by atoms with Gasteiger partial charge < -0.3 is 15.9 Å². The average Bonchev–Trinajstić information content (AvgIpc) is 2.64. The fraction of sp³-hybridized carbons (Fsp3) is 0.0625. The topological polar surface area (TPSA) is 147 Å². The lowest BCUT2D eigenvalue weighted by atomic mass is 10.0. The van der Waals surface area contributed by atoms with Crippen LogP contribution >= 0.6 is 23.2 Å². The molecule has 1 heterocycles. The smallest absolute Gasteiger partial charge is 0.276 e. The van der Waals surface area contributed by atoms with Crippen molar-refractivity contribution in [3.8, 4) is 0 Å². The molecule has 0 radical (unpaired) electrons. The fourth-order valence-electron chi connectivity index (χ4n) is 2.46. The largest absolute Gasteiger partial charge is 0.382 e. The number of non-ortho nitro benzene ring substituents is 1. The first-order valence-corrected chi connectivity index (χ1v) is 8.17. The zero-order valence-corrected chi connectivity index (χ0v) is 14.9. The number of hydrazone groups is 1. The maximum Gasteiger partial charge on any atom is 0.276 e. The van der Waals surface area contributed by atoms with Gasteiger partial charge in [0.15, 0.2) is 5.69 Å². The Morgan fingerprint density at radius 1 is 1.26 bits per heavy atom. The summed E-state index contributed by atoms with van der Waals surface area (Å²) in [5.41, 5.74) is -0.607. The van der Waals surface area contributed by atoms with Crippen molar-refractivity contribution >= 4 is 45.6 Å². The van der Waals surface area contributed by atoms with Gasteiger partial charge in [-0.2, -0.15) is 5.10 Å². The van der Waals surface area contributed by atoms with Crippen molar-refractivity contribution in [2.75, 3.05) is 0 Å². The second kappa shape index (κ2) is 7.31. The van der Waals surface area contributed by atoms with Crippen molar-refractivity contribution in [1.82, 2.24) is 9.97 Å². The molecular weight excluding hydrogens is 397 g/mol. The fourth-order valence-corrected chi connectivity index (χ4v) is 2.77. The number of aromatic amines is 1. The summed E-state index contributed by atoms with van der Waals surface area (Å²) in [6.07, 6.45) is -1.39. The van der Waals surface area contributed by atoms with E-state index >= 15 is 0 Å². The number of nitrogens with one attached hydrogen (secondary N) is 1. The van der Waals surface area contributed by atoms with Crippen LogP contribution in [0, 0.1) is 10.1 Å². The monoisotopic (exact) mass is 407 g/mol. The van der Waals surface area contributed by atoms with E-state index in [0.717, 1.165) is 0 Å². The van der Waals surface area contributed by atoms with E-state index in [0.29, 0.717) is 10.6 Å². The molecule has 0 amide bonds. The van der Waals surface area contributed by atoms with Crippen LogP contribution in [-0.4, -0.2) is 25.7 Å². The maximum absolute atomic E-state index is 12.4. The van der Waals surface area contributed by atoms with Gasteiger partial charge in [0.05, 0.1) is 26.0 Å². The molecule has 1 aromatic heterocycles. The number of nitro benzene ring substituents is 1. The molecule has 3 rings (SSSR count). The molecule has 27 heavy (non-hydrogen) atoms. The van der Waals surface area contributed by atoms with Crippen LogP contribution < -0.4 is 11.4 Å². The Balaban J connectivity index is 2.09. The minimum absolute atomic E-state index is 0.165. The number of aromatic nitrogens is 2. The number of aliphatic hydroxyl groups excluding tert-OH is 1. The van der Waals surface area contributed by atoms with Crippen LogP contribution in [0.3, 0.4) is 0 Å². The Labute approximate surface area is 161 Å². The highest BCUT2D eigenvalue weighted by molar-refractivity contribution is 6.42. The Kier molecular flexibility index (Phi) is 5.08. The predicted octanol–water partition coefficient (Wildman–Crippen LogP) is 2.53. The first kappa shape index (κ1) is 18.8. The normalized spacial score (nSPS) is 12.9. The lowest BCUT2D eigenvalue weighted by Gasteiger charge is -2.13. The Morgan fingerprint density at radius 3 is 2.63 bits per heavy atom. The molecule has 0 aliphatic rings. The van der Waals surface area contributed by atoms with Gasteiger partial charge in [0.1, 0.15) is 11.8 Å². The molecule has 138 valence electrons. The molecule has 0 saturated heterocycles. The van der Waals surface area contributed by atoms with Crippen molar-refractivity contribution in [2.45, 2.75) is 6.10 Å². The lowest BCUT2D eigenvalue weighted by molar-refractivity contribution is -0.384. The van der Waals surface area contributed by atoms with Gasteiger partial charge in [-0.05, 0) is 23.8 Å². The van der Waals surface area contributed by atoms with E-state index in [4.69, 9.17) is 29.0 Å². The van der Waals surface area contributed by atoms with Gasteiger partial charge in [0.2, 0.25) is 0 Å². The zero-order chi connectivity index (χ0) is 19.7. The summed E-state index contributed by atoms with van der Waals surface area (Å²) in [5, 5.41) is 25.4. The Hall–Kier alpha value is -3.01. The zero-order valence-electron chi connectivity index (χ0n) is 13.4. The predicted molar refractivity (Wildman–Crippen MR) is 101 cm³/mol. The number of fused-ring (bicyclic) bond motifs is 1. The number of benzene rings is 2. The van der Waals surface area contributed by atoms with Gasteiger partial charge in [0.25, 0.3) is 11.2 Å².